The van der Waals surface area contributed by atoms with E-state index in [1.165, 1.54) is 19.2 Å². The van der Waals surface area contributed by atoms with E-state index >= 15 is 0 Å². The monoisotopic (exact) mass is 401 g/mol. The maximum Gasteiger partial charge on any atom is 0.240 e. The summed E-state index contributed by atoms with van der Waals surface area (Å²) in [5.41, 5.74) is 1.01. The Balaban J connectivity index is 1.37. The van der Waals surface area contributed by atoms with Crippen molar-refractivity contribution in [3.05, 3.63) is 67.3 Å². The van der Waals surface area contributed by atoms with Gasteiger partial charge in [0.25, 0.3) is 0 Å². The summed E-state index contributed by atoms with van der Waals surface area (Å²) in [6.07, 6.45) is 6.77. The molecule has 0 unspecified atom stereocenters. The Bertz CT molecular complexity index is 954. The number of benzene rings is 2. The molecule has 1 N–H and O–H groups in total. The third-order valence-corrected chi connectivity index (χ3v) is 5.62. The molecule has 0 aliphatic carbocycles. The molecule has 0 saturated carbocycles. The molecule has 0 aliphatic rings. The Kier molecular flexibility index (Phi) is 6.67. The van der Waals surface area contributed by atoms with Crippen LogP contribution in [0.5, 0.6) is 11.5 Å². The number of rotatable bonds is 10. The molecule has 1 aromatic heterocycles. The van der Waals surface area contributed by atoms with Crippen molar-refractivity contribution in [3.8, 4) is 17.2 Å². The fraction of sp³-hybridized carbons (Fsp3) is 0.250. The van der Waals surface area contributed by atoms with Gasteiger partial charge in [0.2, 0.25) is 10.0 Å². The first-order valence-corrected chi connectivity index (χ1v) is 10.4. The van der Waals surface area contributed by atoms with Gasteiger partial charge in [-0.15, -0.1) is 0 Å². The minimum Gasteiger partial charge on any atom is -0.497 e. The molecule has 2 aromatic carbocycles. The van der Waals surface area contributed by atoms with Crippen LogP contribution in [0.2, 0.25) is 0 Å². The number of ether oxygens (including phenoxy) is 2. The molecule has 148 valence electrons. The first kappa shape index (κ1) is 19.9. The second-order valence-electron chi connectivity index (χ2n) is 6.09. The molecule has 28 heavy (non-hydrogen) atoms. The van der Waals surface area contributed by atoms with E-state index in [0.29, 0.717) is 25.3 Å². The van der Waals surface area contributed by atoms with Gasteiger partial charge in [0.05, 0.1) is 24.9 Å². The lowest BCUT2D eigenvalue weighted by molar-refractivity contribution is 0.307. The van der Waals surface area contributed by atoms with Crippen LogP contribution in [-0.4, -0.2) is 38.2 Å². The Hall–Kier alpha value is -2.84. The highest BCUT2D eigenvalue weighted by molar-refractivity contribution is 7.89. The van der Waals surface area contributed by atoms with Crippen molar-refractivity contribution in [1.82, 2.24) is 14.3 Å². The lowest BCUT2D eigenvalue weighted by Gasteiger charge is -2.09. The highest BCUT2D eigenvalue weighted by Crippen LogP contribution is 2.16. The van der Waals surface area contributed by atoms with Crippen molar-refractivity contribution in [2.45, 2.75) is 17.7 Å². The number of sulfonamides is 1. The molecule has 0 aliphatic heterocycles. The molecule has 8 heteroatoms. The predicted molar refractivity (Wildman–Crippen MR) is 106 cm³/mol. The van der Waals surface area contributed by atoms with E-state index in [9.17, 15) is 8.42 Å². The molecule has 0 saturated heterocycles. The van der Waals surface area contributed by atoms with E-state index in [1.54, 1.807) is 24.7 Å². The molecule has 3 aromatic rings. The summed E-state index contributed by atoms with van der Waals surface area (Å²) in [6, 6.07) is 14.0. The quantitative estimate of drug-likeness (QED) is 0.528. The second-order valence-corrected chi connectivity index (χ2v) is 7.86. The van der Waals surface area contributed by atoms with E-state index in [4.69, 9.17) is 9.47 Å². The van der Waals surface area contributed by atoms with Crippen molar-refractivity contribution < 1.29 is 17.9 Å². The van der Waals surface area contributed by atoms with Gasteiger partial charge in [-0.3, -0.25) is 0 Å². The van der Waals surface area contributed by atoms with Gasteiger partial charge in [-0.05, 0) is 61.4 Å². The molecular weight excluding hydrogens is 378 g/mol. The van der Waals surface area contributed by atoms with Gasteiger partial charge in [0.15, 0.2) is 0 Å². The molecule has 1 heterocycles. The topological polar surface area (TPSA) is 82.5 Å². The second kappa shape index (κ2) is 9.38. The van der Waals surface area contributed by atoms with E-state index in [0.717, 1.165) is 17.9 Å². The number of nitrogens with zero attached hydrogens (tertiary/aromatic N) is 2. The minimum atomic E-state index is -3.50. The van der Waals surface area contributed by atoms with Crippen LogP contribution < -0.4 is 14.2 Å². The summed E-state index contributed by atoms with van der Waals surface area (Å²) in [6.45, 7) is 0.881. The highest BCUT2D eigenvalue weighted by atomic mass is 32.2. The number of nitrogens with one attached hydrogen (secondary N) is 1. The van der Waals surface area contributed by atoms with Crippen molar-refractivity contribution in [3.63, 3.8) is 0 Å². The standard InChI is InChI=1S/C20H23N3O4S/c1-26-18-8-10-20(11-9-18)28(24,25)22-12-2-3-15-27-19-6-4-17(5-7-19)23-14-13-21-16-23/h4-11,13-14,16,22H,2-3,12,15H2,1H3. The largest absolute Gasteiger partial charge is 0.497 e. The van der Waals surface area contributed by atoms with Crippen LogP contribution in [-0.2, 0) is 10.0 Å². The number of hydrogen-bond donors (Lipinski definition) is 1. The summed E-state index contributed by atoms with van der Waals surface area (Å²) in [5.74, 6) is 1.40. The normalized spacial score (nSPS) is 11.3. The summed E-state index contributed by atoms with van der Waals surface area (Å²) < 4.78 is 39.7. The zero-order valence-electron chi connectivity index (χ0n) is 15.6. The first-order chi connectivity index (χ1) is 13.6. The van der Waals surface area contributed by atoms with Gasteiger partial charge in [-0.25, -0.2) is 18.1 Å². The van der Waals surface area contributed by atoms with Crippen molar-refractivity contribution in [2.75, 3.05) is 20.3 Å². The van der Waals surface area contributed by atoms with Crippen LogP contribution in [0.4, 0.5) is 0 Å². The fourth-order valence-electron chi connectivity index (χ4n) is 2.59. The van der Waals surface area contributed by atoms with Crippen molar-refractivity contribution in [1.29, 1.82) is 0 Å². The Morgan fingerprint density at radius 3 is 2.36 bits per heavy atom. The molecule has 0 atom stereocenters. The van der Waals surface area contributed by atoms with Gasteiger partial charge in [-0.1, -0.05) is 0 Å². The third-order valence-electron chi connectivity index (χ3n) is 4.14. The number of unbranched alkanes of at least 4 members (excludes halogenated alkanes) is 1. The maximum atomic E-state index is 12.2. The molecule has 0 bridgehead atoms. The van der Waals surface area contributed by atoms with Gasteiger partial charge >= 0.3 is 0 Å². The van der Waals surface area contributed by atoms with Crippen LogP contribution in [0.15, 0.2) is 72.1 Å². The van der Waals surface area contributed by atoms with Crippen LogP contribution in [0.3, 0.4) is 0 Å². The van der Waals surface area contributed by atoms with Crippen LogP contribution in [0, 0.1) is 0 Å². The van der Waals surface area contributed by atoms with Crippen LogP contribution in [0.25, 0.3) is 5.69 Å². The van der Waals surface area contributed by atoms with E-state index < -0.39 is 10.0 Å². The Labute approximate surface area is 165 Å². The van der Waals surface area contributed by atoms with Crippen molar-refractivity contribution >= 4 is 10.0 Å². The fourth-order valence-corrected chi connectivity index (χ4v) is 3.66. The molecule has 3 rings (SSSR count). The summed E-state index contributed by atoms with van der Waals surface area (Å²) in [4.78, 5) is 4.25. The molecule has 0 radical (unpaired) electrons. The SMILES string of the molecule is COc1ccc(S(=O)(=O)NCCCCOc2ccc(-n3ccnc3)cc2)cc1. The number of methoxy groups -OCH3 is 1. The van der Waals surface area contributed by atoms with Gasteiger partial charge in [-0.2, -0.15) is 0 Å². The smallest absolute Gasteiger partial charge is 0.240 e. The first-order valence-electron chi connectivity index (χ1n) is 8.93. The molecule has 0 fully saturated rings. The summed E-state index contributed by atoms with van der Waals surface area (Å²) in [5, 5.41) is 0. The molecular formula is C20H23N3O4S. The lowest BCUT2D eigenvalue weighted by Crippen LogP contribution is -2.25. The molecule has 7 nitrogen and oxygen atoms in total. The summed E-state index contributed by atoms with van der Waals surface area (Å²) in [7, 11) is -1.97. The minimum absolute atomic E-state index is 0.225. The van der Waals surface area contributed by atoms with Gasteiger partial charge < -0.3 is 14.0 Å². The van der Waals surface area contributed by atoms with Crippen molar-refractivity contribution in [2.24, 2.45) is 0 Å². The van der Waals surface area contributed by atoms with E-state index in [2.05, 4.69) is 9.71 Å². The number of hydrogen-bond acceptors (Lipinski definition) is 5. The zero-order chi connectivity index (χ0) is 19.8. The van der Waals surface area contributed by atoms with Crippen LogP contribution >= 0.6 is 0 Å². The molecule has 0 amide bonds. The van der Waals surface area contributed by atoms with Gasteiger partial charge in [0, 0.05) is 24.6 Å². The zero-order valence-corrected chi connectivity index (χ0v) is 16.4. The number of aromatic nitrogens is 2. The Morgan fingerprint density at radius 1 is 1.00 bits per heavy atom. The van der Waals surface area contributed by atoms with Crippen LogP contribution in [0.1, 0.15) is 12.8 Å². The maximum absolute atomic E-state index is 12.2. The Morgan fingerprint density at radius 2 is 1.71 bits per heavy atom. The predicted octanol–water partition coefficient (Wildman–Crippen LogP) is 3.02. The van der Waals surface area contributed by atoms with Gasteiger partial charge in [0.1, 0.15) is 11.5 Å². The van der Waals surface area contributed by atoms with E-state index in [1.807, 2.05) is 35.0 Å². The average Bonchev–Trinajstić information content (AvgIpc) is 3.26. The van der Waals surface area contributed by atoms with E-state index in [-0.39, 0.29) is 4.90 Å². The lowest BCUT2D eigenvalue weighted by atomic mass is 10.3. The summed E-state index contributed by atoms with van der Waals surface area (Å²) >= 11 is 0. The number of imidazole rings is 1. The molecule has 0 spiro atoms. The highest BCUT2D eigenvalue weighted by Gasteiger charge is 2.12. The average molecular weight is 401 g/mol. The third kappa shape index (κ3) is 5.34.